The Kier molecular flexibility index (Phi) is 5.29. The van der Waals surface area contributed by atoms with Gasteiger partial charge in [0.25, 0.3) is 0 Å². The van der Waals surface area contributed by atoms with E-state index < -0.39 is 0 Å². The second-order valence-corrected chi connectivity index (χ2v) is 4.27. The normalized spacial score (nSPS) is 10.7. The summed E-state index contributed by atoms with van der Waals surface area (Å²) in [6.45, 7) is 6.38. The molecule has 0 aliphatic carbocycles. The van der Waals surface area contributed by atoms with Gasteiger partial charge in [0.2, 0.25) is 0 Å². The number of hydrogen-bond donors (Lipinski definition) is 0. The maximum Gasteiger partial charge on any atom is 0.126 e. The van der Waals surface area contributed by atoms with Crippen LogP contribution in [0.25, 0.3) is 0 Å². The van der Waals surface area contributed by atoms with Crippen molar-refractivity contribution >= 4 is 0 Å². The van der Waals surface area contributed by atoms with Gasteiger partial charge in [0.1, 0.15) is 11.5 Å². The Morgan fingerprint density at radius 2 is 1.88 bits per heavy atom. The Balaban J connectivity index is 2.89. The van der Waals surface area contributed by atoms with Gasteiger partial charge in [-0.2, -0.15) is 0 Å². The van der Waals surface area contributed by atoms with Gasteiger partial charge in [-0.3, -0.25) is 0 Å². The molecule has 0 amide bonds. The van der Waals surface area contributed by atoms with Crippen LogP contribution >= 0.6 is 0 Å². The number of benzene rings is 1. The highest BCUT2D eigenvalue weighted by Crippen LogP contribution is 2.28. The average Bonchev–Trinajstić information content (AvgIpc) is 2.35. The minimum atomic E-state index is 0.854. The summed E-state index contributed by atoms with van der Waals surface area (Å²) in [5.74, 6) is 1.78. The van der Waals surface area contributed by atoms with Crippen molar-refractivity contribution in [1.82, 2.24) is 4.90 Å². The van der Waals surface area contributed by atoms with Crippen LogP contribution in [0.2, 0.25) is 0 Å². The summed E-state index contributed by atoms with van der Waals surface area (Å²) in [5.41, 5.74) is 2.50. The molecular formula is C14H23NO2. The molecule has 0 heterocycles. The summed E-state index contributed by atoms with van der Waals surface area (Å²) in [5, 5.41) is 0. The van der Waals surface area contributed by atoms with E-state index in [9.17, 15) is 0 Å². The molecule has 0 aromatic heterocycles. The first-order valence-electron chi connectivity index (χ1n) is 6.02. The van der Waals surface area contributed by atoms with Gasteiger partial charge in [-0.05, 0) is 44.1 Å². The first-order valence-corrected chi connectivity index (χ1v) is 6.02. The SMILES string of the molecule is CCN(C)CCc1c(C)cc(OC)cc1OC. The van der Waals surface area contributed by atoms with Crippen LogP contribution in [0.4, 0.5) is 0 Å². The minimum absolute atomic E-state index is 0.854. The monoisotopic (exact) mass is 237 g/mol. The lowest BCUT2D eigenvalue weighted by Gasteiger charge is -2.17. The zero-order chi connectivity index (χ0) is 12.8. The number of likely N-dealkylation sites (N-methyl/N-ethyl adjacent to an activating group) is 1. The number of ether oxygens (including phenoxy) is 2. The Bertz CT molecular complexity index is 363. The zero-order valence-electron chi connectivity index (χ0n) is 11.5. The molecule has 0 atom stereocenters. The molecule has 0 aliphatic rings. The summed E-state index contributed by atoms with van der Waals surface area (Å²) in [4.78, 5) is 2.29. The smallest absolute Gasteiger partial charge is 0.126 e. The molecular weight excluding hydrogens is 214 g/mol. The van der Waals surface area contributed by atoms with Crippen LogP contribution in [0.3, 0.4) is 0 Å². The van der Waals surface area contributed by atoms with E-state index in [1.54, 1.807) is 14.2 Å². The molecule has 1 rings (SSSR count). The first-order chi connectivity index (χ1) is 8.12. The maximum absolute atomic E-state index is 5.44. The average molecular weight is 237 g/mol. The van der Waals surface area contributed by atoms with E-state index in [-0.39, 0.29) is 0 Å². The van der Waals surface area contributed by atoms with Gasteiger partial charge in [0.15, 0.2) is 0 Å². The lowest BCUT2D eigenvalue weighted by molar-refractivity contribution is 0.350. The van der Waals surface area contributed by atoms with Crippen LogP contribution in [-0.2, 0) is 6.42 Å². The third kappa shape index (κ3) is 3.63. The van der Waals surface area contributed by atoms with E-state index in [0.717, 1.165) is 31.0 Å². The quantitative estimate of drug-likeness (QED) is 0.759. The van der Waals surface area contributed by atoms with Crippen LogP contribution in [0.5, 0.6) is 11.5 Å². The fraction of sp³-hybridized carbons (Fsp3) is 0.571. The van der Waals surface area contributed by atoms with Crippen LogP contribution in [-0.4, -0.2) is 39.3 Å². The fourth-order valence-corrected chi connectivity index (χ4v) is 1.83. The summed E-state index contributed by atoms with van der Waals surface area (Å²) >= 11 is 0. The number of aryl methyl sites for hydroxylation is 1. The molecule has 0 unspecified atom stereocenters. The van der Waals surface area contributed by atoms with E-state index in [4.69, 9.17) is 9.47 Å². The van der Waals surface area contributed by atoms with Gasteiger partial charge in [-0.15, -0.1) is 0 Å². The molecule has 3 heteroatoms. The van der Waals surface area contributed by atoms with E-state index in [1.807, 2.05) is 6.07 Å². The predicted octanol–water partition coefficient (Wildman–Crippen LogP) is 2.51. The molecule has 0 saturated carbocycles. The highest BCUT2D eigenvalue weighted by molar-refractivity contribution is 5.46. The van der Waals surface area contributed by atoms with E-state index in [1.165, 1.54) is 11.1 Å². The highest BCUT2D eigenvalue weighted by atomic mass is 16.5. The van der Waals surface area contributed by atoms with Crippen molar-refractivity contribution in [3.8, 4) is 11.5 Å². The standard InChI is InChI=1S/C14H23NO2/c1-6-15(3)8-7-13-11(2)9-12(16-4)10-14(13)17-5/h9-10H,6-8H2,1-5H3. The third-order valence-electron chi connectivity index (χ3n) is 3.14. The Morgan fingerprint density at radius 1 is 1.18 bits per heavy atom. The van der Waals surface area contributed by atoms with Crippen molar-refractivity contribution in [1.29, 1.82) is 0 Å². The molecule has 0 spiro atoms. The highest BCUT2D eigenvalue weighted by Gasteiger charge is 2.10. The van der Waals surface area contributed by atoms with Crippen molar-refractivity contribution in [3.63, 3.8) is 0 Å². The molecule has 0 bridgehead atoms. The van der Waals surface area contributed by atoms with Crippen molar-refractivity contribution in [2.24, 2.45) is 0 Å². The Labute approximate surface area is 104 Å². The number of rotatable bonds is 6. The van der Waals surface area contributed by atoms with Crippen molar-refractivity contribution < 1.29 is 9.47 Å². The molecule has 0 fully saturated rings. The topological polar surface area (TPSA) is 21.7 Å². The Morgan fingerprint density at radius 3 is 2.41 bits per heavy atom. The van der Waals surface area contributed by atoms with Crippen LogP contribution < -0.4 is 9.47 Å². The Hall–Kier alpha value is -1.22. The van der Waals surface area contributed by atoms with Gasteiger partial charge < -0.3 is 14.4 Å². The zero-order valence-corrected chi connectivity index (χ0v) is 11.5. The molecule has 3 nitrogen and oxygen atoms in total. The summed E-state index contributed by atoms with van der Waals surface area (Å²) in [7, 11) is 5.52. The van der Waals surface area contributed by atoms with Crippen molar-refractivity contribution in [3.05, 3.63) is 23.3 Å². The molecule has 1 aromatic carbocycles. The summed E-state index contributed by atoms with van der Waals surface area (Å²) in [6, 6.07) is 4.01. The second-order valence-electron chi connectivity index (χ2n) is 4.27. The second kappa shape index (κ2) is 6.50. The van der Waals surface area contributed by atoms with Crippen LogP contribution in [0.1, 0.15) is 18.1 Å². The van der Waals surface area contributed by atoms with Gasteiger partial charge >= 0.3 is 0 Å². The maximum atomic E-state index is 5.44. The van der Waals surface area contributed by atoms with Gasteiger partial charge in [0.05, 0.1) is 14.2 Å². The minimum Gasteiger partial charge on any atom is -0.497 e. The van der Waals surface area contributed by atoms with E-state index >= 15 is 0 Å². The molecule has 96 valence electrons. The van der Waals surface area contributed by atoms with Gasteiger partial charge in [-0.25, -0.2) is 0 Å². The van der Waals surface area contributed by atoms with Crippen LogP contribution in [0, 0.1) is 6.92 Å². The largest absolute Gasteiger partial charge is 0.497 e. The first kappa shape index (κ1) is 13.8. The van der Waals surface area contributed by atoms with Crippen molar-refractivity contribution in [2.75, 3.05) is 34.4 Å². The van der Waals surface area contributed by atoms with Crippen LogP contribution in [0.15, 0.2) is 12.1 Å². The number of nitrogens with zero attached hydrogens (tertiary/aromatic N) is 1. The van der Waals surface area contributed by atoms with E-state index in [2.05, 4.69) is 31.9 Å². The summed E-state index contributed by atoms with van der Waals surface area (Å²) < 4.78 is 10.7. The number of hydrogen-bond acceptors (Lipinski definition) is 3. The molecule has 0 radical (unpaired) electrons. The van der Waals surface area contributed by atoms with Crippen molar-refractivity contribution in [2.45, 2.75) is 20.3 Å². The number of methoxy groups -OCH3 is 2. The van der Waals surface area contributed by atoms with Gasteiger partial charge in [-0.1, -0.05) is 6.92 Å². The molecule has 0 N–H and O–H groups in total. The van der Waals surface area contributed by atoms with Gasteiger partial charge in [0, 0.05) is 12.6 Å². The lowest BCUT2D eigenvalue weighted by atomic mass is 10.0. The third-order valence-corrected chi connectivity index (χ3v) is 3.14. The molecule has 0 saturated heterocycles. The molecule has 1 aromatic rings. The fourth-order valence-electron chi connectivity index (χ4n) is 1.83. The summed E-state index contributed by atoms with van der Waals surface area (Å²) in [6.07, 6.45) is 1.00. The molecule has 0 aliphatic heterocycles. The predicted molar refractivity (Wildman–Crippen MR) is 71.2 cm³/mol. The molecule has 17 heavy (non-hydrogen) atoms. The lowest BCUT2D eigenvalue weighted by Crippen LogP contribution is -2.21. The van der Waals surface area contributed by atoms with E-state index in [0.29, 0.717) is 0 Å².